The number of amides is 1. The van der Waals surface area contributed by atoms with Gasteiger partial charge in [-0.05, 0) is 23.6 Å². The maximum atomic E-state index is 14.0. The summed E-state index contributed by atoms with van der Waals surface area (Å²) in [6, 6.07) is 9.91. The van der Waals surface area contributed by atoms with Gasteiger partial charge in [-0.2, -0.15) is 0 Å². The van der Waals surface area contributed by atoms with Crippen molar-refractivity contribution in [2.75, 3.05) is 5.32 Å². The molecule has 2 aliphatic rings. The molecule has 0 saturated heterocycles. The van der Waals surface area contributed by atoms with Crippen molar-refractivity contribution in [1.82, 2.24) is 0 Å². The van der Waals surface area contributed by atoms with Crippen LogP contribution in [0.15, 0.2) is 36.4 Å². The largest absolute Gasteiger partial charge is 0.481 e. The summed E-state index contributed by atoms with van der Waals surface area (Å²) < 4.78 is 6.30. The lowest BCUT2D eigenvalue weighted by atomic mass is 9.65. The minimum atomic E-state index is -1.78. The summed E-state index contributed by atoms with van der Waals surface area (Å²) in [6.07, 6.45) is -1.27. The van der Waals surface area contributed by atoms with E-state index in [1.807, 2.05) is 13.8 Å². The van der Waals surface area contributed by atoms with E-state index in [-0.39, 0.29) is 22.7 Å². The molecule has 1 amide bonds. The summed E-state index contributed by atoms with van der Waals surface area (Å²) in [6.45, 7) is 5.26. The Morgan fingerprint density at radius 1 is 1.03 bits per heavy atom. The van der Waals surface area contributed by atoms with Gasteiger partial charge in [0.25, 0.3) is 0 Å². The molecule has 0 saturated carbocycles. The van der Waals surface area contributed by atoms with Crippen molar-refractivity contribution in [2.24, 2.45) is 0 Å². The van der Waals surface area contributed by atoms with Gasteiger partial charge >= 0.3 is 11.9 Å². The molecule has 2 unspecified atom stereocenters. The summed E-state index contributed by atoms with van der Waals surface area (Å²) in [4.78, 5) is 49.8. The van der Waals surface area contributed by atoms with Crippen molar-refractivity contribution in [3.63, 3.8) is 0 Å². The molecule has 0 bridgehead atoms. The van der Waals surface area contributed by atoms with E-state index in [0.717, 1.165) is 5.56 Å². The van der Waals surface area contributed by atoms with Crippen LogP contribution >= 0.6 is 0 Å². The Hall–Kier alpha value is -3.68. The normalized spacial score (nSPS) is 22.7. The zero-order valence-electron chi connectivity index (χ0n) is 17.9. The molecule has 2 aromatic rings. The first-order chi connectivity index (χ1) is 15.0. The summed E-state index contributed by atoms with van der Waals surface area (Å²) >= 11 is 0. The highest BCUT2D eigenvalue weighted by molar-refractivity contribution is 6.17. The van der Waals surface area contributed by atoms with Gasteiger partial charge in [0.1, 0.15) is 11.2 Å². The van der Waals surface area contributed by atoms with Gasteiger partial charge < -0.3 is 20.3 Å². The summed E-state index contributed by atoms with van der Waals surface area (Å²) in [5.74, 6) is -3.02. The molecule has 166 valence electrons. The number of carbonyl (C=O) groups is 4. The van der Waals surface area contributed by atoms with Crippen molar-refractivity contribution in [3.8, 4) is 5.75 Å². The highest BCUT2D eigenvalue weighted by Gasteiger charge is 2.72. The van der Waals surface area contributed by atoms with E-state index in [4.69, 9.17) is 4.74 Å². The Balaban J connectivity index is 2.07. The standard InChI is InChI=1S/C24H23NO7/c1-12(2)14-7-8-15-18(9-14)32-24(11-20(29)30)16-5-4-6-17(25-13(3)26)21(16)22(31)23(15,24)10-19(27)28/h4-9,12H,10-11H2,1-3H3,(H,25,26)(H,27,28)(H,29,30). The van der Waals surface area contributed by atoms with Gasteiger partial charge in [-0.1, -0.05) is 38.1 Å². The zero-order chi connectivity index (χ0) is 23.4. The third kappa shape index (κ3) is 2.82. The number of Topliss-reactive ketones (excluding diaryl/α,β-unsaturated/α-hetero) is 1. The molecule has 3 N–H and O–H groups in total. The van der Waals surface area contributed by atoms with Crippen LogP contribution in [0.1, 0.15) is 66.6 Å². The fourth-order valence-corrected chi connectivity index (χ4v) is 5.10. The molecule has 32 heavy (non-hydrogen) atoms. The summed E-state index contributed by atoms with van der Waals surface area (Å²) in [5.41, 5.74) is -1.72. The number of aliphatic carboxylic acids is 2. The molecular weight excluding hydrogens is 414 g/mol. The molecule has 8 heteroatoms. The molecule has 0 aromatic heterocycles. The van der Waals surface area contributed by atoms with Crippen LogP contribution in [0.25, 0.3) is 0 Å². The van der Waals surface area contributed by atoms with Gasteiger partial charge in [0.15, 0.2) is 11.4 Å². The number of carboxylic acid groups (broad SMARTS) is 2. The monoisotopic (exact) mass is 437 g/mol. The maximum Gasteiger partial charge on any atom is 0.307 e. The number of hydrogen-bond donors (Lipinski definition) is 3. The van der Waals surface area contributed by atoms with E-state index in [1.165, 1.54) is 13.0 Å². The van der Waals surface area contributed by atoms with Gasteiger partial charge in [-0.15, -0.1) is 0 Å². The molecular formula is C24H23NO7. The maximum absolute atomic E-state index is 14.0. The number of ether oxygens (including phenoxy) is 1. The molecule has 1 aliphatic carbocycles. The van der Waals surface area contributed by atoms with Crippen molar-refractivity contribution in [1.29, 1.82) is 0 Å². The van der Waals surface area contributed by atoms with Gasteiger partial charge in [-0.3, -0.25) is 19.2 Å². The SMILES string of the molecule is CC(=O)Nc1cccc2c1C(=O)C1(CC(=O)O)c3ccc(C(C)C)cc3OC21CC(=O)O. The van der Waals surface area contributed by atoms with Crippen LogP contribution in [0.5, 0.6) is 5.75 Å². The fourth-order valence-electron chi connectivity index (χ4n) is 5.10. The highest BCUT2D eigenvalue weighted by Crippen LogP contribution is 2.64. The molecule has 0 spiro atoms. The van der Waals surface area contributed by atoms with E-state index < -0.39 is 47.5 Å². The predicted molar refractivity (Wildman–Crippen MR) is 114 cm³/mol. The topological polar surface area (TPSA) is 130 Å². The van der Waals surface area contributed by atoms with Crippen molar-refractivity contribution in [2.45, 2.75) is 50.5 Å². The zero-order valence-corrected chi connectivity index (χ0v) is 17.9. The number of carboxylic acids is 2. The third-order valence-electron chi connectivity index (χ3n) is 6.35. The van der Waals surface area contributed by atoms with Gasteiger partial charge in [0, 0.05) is 23.6 Å². The molecule has 1 aliphatic heterocycles. The molecule has 2 atom stereocenters. The quantitative estimate of drug-likeness (QED) is 0.631. The third-order valence-corrected chi connectivity index (χ3v) is 6.35. The van der Waals surface area contributed by atoms with E-state index in [9.17, 15) is 29.4 Å². The lowest BCUT2D eigenvalue weighted by Gasteiger charge is -2.36. The number of carbonyl (C=O) groups excluding carboxylic acids is 2. The van der Waals surface area contributed by atoms with E-state index >= 15 is 0 Å². The minimum Gasteiger partial charge on any atom is -0.481 e. The van der Waals surface area contributed by atoms with Crippen molar-refractivity contribution < 1.29 is 34.1 Å². The Morgan fingerprint density at radius 3 is 2.31 bits per heavy atom. The van der Waals surface area contributed by atoms with Crippen LogP contribution in [-0.2, 0) is 25.4 Å². The molecule has 1 heterocycles. The second-order valence-electron chi connectivity index (χ2n) is 8.62. The number of benzene rings is 2. The highest BCUT2D eigenvalue weighted by atomic mass is 16.5. The molecule has 8 nitrogen and oxygen atoms in total. The second-order valence-corrected chi connectivity index (χ2v) is 8.62. The lowest BCUT2D eigenvalue weighted by molar-refractivity contribution is -0.146. The second kappa shape index (κ2) is 7.19. The van der Waals surface area contributed by atoms with Crippen LogP contribution < -0.4 is 10.1 Å². The Labute approximate surface area is 184 Å². The van der Waals surface area contributed by atoms with E-state index in [2.05, 4.69) is 5.32 Å². The van der Waals surface area contributed by atoms with Gasteiger partial charge in [0.05, 0.1) is 18.5 Å². The van der Waals surface area contributed by atoms with Crippen LogP contribution in [0.3, 0.4) is 0 Å². The average molecular weight is 437 g/mol. The van der Waals surface area contributed by atoms with Crippen LogP contribution in [0.4, 0.5) is 5.69 Å². The van der Waals surface area contributed by atoms with Crippen LogP contribution in [-0.4, -0.2) is 33.8 Å². The number of fused-ring (bicyclic) bond motifs is 5. The Kier molecular flexibility index (Phi) is 4.84. The van der Waals surface area contributed by atoms with E-state index in [0.29, 0.717) is 11.3 Å². The number of rotatable bonds is 6. The Bertz CT molecular complexity index is 1180. The first kappa shape index (κ1) is 21.5. The van der Waals surface area contributed by atoms with E-state index in [1.54, 1.807) is 30.3 Å². The van der Waals surface area contributed by atoms with Gasteiger partial charge in [0.2, 0.25) is 5.91 Å². The predicted octanol–water partition coefficient (Wildman–Crippen LogP) is 3.44. The summed E-state index contributed by atoms with van der Waals surface area (Å²) in [7, 11) is 0. The number of anilines is 1. The van der Waals surface area contributed by atoms with Crippen molar-refractivity contribution >= 4 is 29.3 Å². The Morgan fingerprint density at radius 2 is 1.72 bits per heavy atom. The molecule has 0 radical (unpaired) electrons. The number of ketones is 1. The molecule has 0 fully saturated rings. The number of hydrogen-bond acceptors (Lipinski definition) is 5. The summed E-state index contributed by atoms with van der Waals surface area (Å²) in [5, 5.41) is 22.2. The molecule has 4 rings (SSSR count). The van der Waals surface area contributed by atoms with Crippen LogP contribution in [0, 0.1) is 0 Å². The smallest absolute Gasteiger partial charge is 0.307 e. The number of nitrogens with one attached hydrogen (secondary N) is 1. The first-order valence-corrected chi connectivity index (χ1v) is 10.3. The van der Waals surface area contributed by atoms with Gasteiger partial charge in [-0.25, -0.2) is 0 Å². The average Bonchev–Trinajstić information content (AvgIpc) is 3.05. The van der Waals surface area contributed by atoms with Crippen LogP contribution in [0.2, 0.25) is 0 Å². The fraction of sp³-hybridized carbons (Fsp3) is 0.333. The minimum absolute atomic E-state index is 0.0868. The van der Waals surface area contributed by atoms with Crippen molar-refractivity contribution in [3.05, 3.63) is 58.7 Å². The first-order valence-electron chi connectivity index (χ1n) is 10.3. The lowest BCUT2D eigenvalue weighted by Crippen LogP contribution is -2.51. The molecule has 2 aromatic carbocycles.